The molecule has 0 fully saturated rings. The Kier molecular flexibility index (Phi) is 9.99. The maximum atomic E-state index is 13.6. The molecule has 0 aliphatic heterocycles. The van der Waals surface area contributed by atoms with E-state index in [1.54, 1.807) is 30.3 Å². The van der Waals surface area contributed by atoms with Crippen molar-refractivity contribution in [2.45, 2.75) is 50.7 Å². The summed E-state index contributed by atoms with van der Waals surface area (Å²) < 4.78 is 28.6. The van der Waals surface area contributed by atoms with Gasteiger partial charge in [-0.05, 0) is 54.3 Å². The molecule has 2 aromatic heterocycles. The quantitative estimate of drug-likeness (QED) is 0.302. The average Bonchev–Trinajstić information content (AvgIpc) is 2.88. The van der Waals surface area contributed by atoms with E-state index in [0.29, 0.717) is 11.5 Å². The molecule has 3 aromatic rings. The van der Waals surface area contributed by atoms with Gasteiger partial charge >= 0.3 is 5.97 Å². The number of aryl methyl sites for hydroxylation is 1. The van der Waals surface area contributed by atoms with E-state index in [0.717, 1.165) is 36.9 Å². The third-order valence-corrected chi connectivity index (χ3v) is 7.56. The first-order valence-electron chi connectivity index (χ1n) is 12.3. The van der Waals surface area contributed by atoms with Crippen LogP contribution in [0, 0.1) is 0 Å². The fraction of sp³-hybridized carbons (Fsp3) is 0.370. The van der Waals surface area contributed by atoms with Gasteiger partial charge in [-0.2, -0.15) is 4.31 Å². The molecule has 0 saturated carbocycles. The van der Waals surface area contributed by atoms with Crippen molar-refractivity contribution < 1.29 is 18.3 Å². The van der Waals surface area contributed by atoms with Crippen molar-refractivity contribution in [2.75, 3.05) is 30.9 Å². The second-order valence-electron chi connectivity index (χ2n) is 9.02. The number of rotatable bonds is 14. The first-order valence-corrected chi connectivity index (χ1v) is 13.8. The van der Waals surface area contributed by atoms with Crippen molar-refractivity contribution in [3.05, 3.63) is 77.6 Å². The monoisotopic (exact) mass is 525 g/mol. The standard InChI is InChI=1S/C27H35N5O4S/c1-4-5-6-10-22-15-14-21(17-24(22)31(2)3)19-32(37(35,36)26-13-7-8-16-28-26)20-23-11-9-12-25(30-23)29-18-27(33)34/h7-9,11-17H,4-6,10,18-20H2,1-3H3,(H,29,30)(H,33,34). The molecule has 2 N–H and O–H groups in total. The first kappa shape index (κ1) is 28.1. The SMILES string of the molecule is CCCCCc1ccc(CN(Cc2cccc(NCC(=O)O)n2)S(=O)(=O)c2ccccn2)cc1N(C)C. The predicted octanol–water partition coefficient (Wildman–Crippen LogP) is 4.16. The molecule has 0 saturated heterocycles. The lowest BCUT2D eigenvalue weighted by Crippen LogP contribution is -2.31. The number of carboxylic acid groups (broad SMARTS) is 1. The Morgan fingerprint density at radius 1 is 1.03 bits per heavy atom. The highest BCUT2D eigenvalue weighted by atomic mass is 32.2. The van der Waals surface area contributed by atoms with Crippen molar-refractivity contribution in [3.8, 4) is 0 Å². The lowest BCUT2D eigenvalue weighted by molar-refractivity contribution is -0.134. The summed E-state index contributed by atoms with van der Waals surface area (Å²) in [5, 5.41) is 11.6. The first-order chi connectivity index (χ1) is 17.7. The normalized spacial score (nSPS) is 11.5. The maximum Gasteiger partial charge on any atom is 0.322 e. The minimum Gasteiger partial charge on any atom is -0.480 e. The number of hydrogen-bond acceptors (Lipinski definition) is 7. The Morgan fingerprint density at radius 2 is 1.84 bits per heavy atom. The lowest BCUT2D eigenvalue weighted by atomic mass is 10.0. The Balaban J connectivity index is 1.94. The van der Waals surface area contributed by atoms with E-state index in [1.165, 1.54) is 22.1 Å². The molecule has 37 heavy (non-hydrogen) atoms. The minimum absolute atomic E-state index is 0.00293. The van der Waals surface area contributed by atoms with Crippen LogP contribution in [0.3, 0.4) is 0 Å². The van der Waals surface area contributed by atoms with Gasteiger partial charge in [0.25, 0.3) is 10.0 Å². The number of nitrogens with one attached hydrogen (secondary N) is 1. The van der Waals surface area contributed by atoms with E-state index in [4.69, 9.17) is 5.11 Å². The molecule has 0 spiro atoms. The van der Waals surface area contributed by atoms with Crippen molar-refractivity contribution in [1.82, 2.24) is 14.3 Å². The van der Waals surface area contributed by atoms with Gasteiger partial charge in [-0.15, -0.1) is 0 Å². The Labute approximate surface area is 219 Å². The zero-order chi connectivity index (χ0) is 26.8. The molecule has 2 heterocycles. The largest absolute Gasteiger partial charge is 0.480 e. The zero-order valence-corrected chi connectivity index (χ0v) is 22.4. The molecule has 1 aromatic carbocycles. The predicted molar refractivity (Wildman–Crippen MR) is 145 cm³/mol. The van der Waals surface area contributed by atoms with E-state index in [2.05, 4.69) is 33.2 Å². The summed E-state index contributed by atoms with van der Waals surface area (Å²) >= 11 is 0. The Hall–Kier alpha value is -3.50. The number of benzene rings is 1. The number of aromatic nitrogens is 2. The summed E-state index contributed by atoms with van der Waals surface area (Å²) in [6.45, 7) is 2.02. The molecule has 0 unspecified atom stereocenters. The Morgan fingerprint density at radius 3 is 2.51 bits per heavy atom. The van der Waals surface area contributed by atoms with E-state index < -0.39 is 16.0 Å². The van der Waals surface area contributed by atoms with Gasteiger partial charge in [0.05, 0.1) is 12.2 Å². The molecule has 9 nitrogen and oxygen atoms in total. The molecule has 0 radical (unpaired) electrons. The van der Waals surface area contributed by atoms with Gasteiger partial charge in [0.2, 0.25) is 0 Å². The number of anilines is 2. The summed E-state index contributed by atoms with van der Waals surface area (Å²) in [6, 6.07) is 16.0. The molecule has 0 aliphatic carbocycles. The molecular formula is C27H35N5O4S. The number of sulfonamides is 1. The summed E-state index contributed by atoms with van der Waals surface area (Å²) in [4.78, 5) is 21.5. The number of unbranched alkanes of at least 4 members (excludes halogenated alkanes) is 2. The zero-order valence-electron chi connectivity index (χ0n) is 21.6. The highest BCUT2D eigenvalue weighted by Crippen LogP contribution is 2.26. The van der Waals surface area contributed by atoms with Crippen LogP contribution >= 0.6 is 0 Å². The average molecular weight is 526 g/mol. The minimum atomic E-state index is -3.94. The van der Waals surface area contributed by atoms with Crippen LogP contribution in [0.5, 0.6) is 0 Å². The van der Waals surface area contributed by atoms with Gasteiger partial charge in [0.1, 0.15) is 12.4 Å². The highest BCUT2D eigenvalue weighted by molar-refractivity contribution is 7.89. The van der Waals surface area contributed by atoms with Gasteiger partial charge in [0.15, 0.2) is 5.03 Å². The van der Waals surface area contributed by atoms with Crippen LogP contribution in [0.25, 0.3) is 0 Å². The van der Waals surface area contributed by atoms with Gasteiger partial charge in [-0.3, -0.25) is 4.79 Å². The topological polar surface area (TPSA) is 116 Å². The molecule has 198 valence electrons. The van der Waals surface area contributed by atoms with Gasteiger partial charge in [0, 0.05) is 32.5 Å². The smallest absolute Gasteiger partial charge is 0.322 e. The van der Waals surface area contributed by atoms with Crippen LogP contribution in [0.1, 0.15) is 43.0 Å². The third-order valence-electron chi connectivity index (χ3n) is 5.85. The summed E-state index contributed by atoms with van der Waals surface area (Å²) in [5.74, 6) is -0.650. The van der Waals surface area contributed by atoms with Crippen LogP contribution in [0.15, 0.2) is 65.8 Å². The molecule has 0 bridgehead atoms. The molecule has 3 rings (SSSR count). The van der Waals surface area contributed by atoms with Crippen LogP contribution in [-0.4, -0.2) is 54.4 Å². The van der Waals surface area contributed by atoms with Gasteiger partial charge < -0.3 is 15.3 Å². The van der Waals surface area contributed by atoms with Crippen molar-refractivity contribution in [1.29, 1.82) is 0 Å². The van der Waals surface area contributed by atoms with Crippen LogP contribution in [0.2, 0.25) is 0 Å². The van der Waals surface area contributed by atoms with E-state index in [-0.39, 0.29) is 24.7 Å². The Bertz CT molecular complexity index is 1280. The second-order valence-corrected chi connectivity index (χ2v) is 10.9. The molecule has 0 atom stereocenters. The molecular weight excluding hydrogens is 490 g/mol. The van der Waals surface area contributed by atoms with Crippen LogP contribution < -0.4 is 10.2 Å². The highest BCUT2D eigenvalue weighted by Gasteiger charge is 2.27. The van der Waals surface area contributed by atoms with E-state index in [9.17, 15) is 13.2 Å². The molecule has 10 heteroatoms. The maximum absolute atomic E-state index is 13.6. The third kappa shape index (κ3) is 7.99. The number of carboxylic acids is 1. The van der Waals surface area contributed by atoms with E-state index in [1.807, 2.05) is 26.2 Å². The lowest BCUT2D eigenvalue weighted by Gasteiger charge is -2.24. The van der Waals surface area contributed by atoms with Crippen molar-refractivity contribution >= 4 is 27.5 Å². The summed E-state index contributed by atoms with van der Waals surface area (Å²) in [7, 11) is 0.0382. The number of aliphatic carboxylic acids is 1. The molecule has 0 aliphatic rings. The van der Waals surface area contributed by atoms with Gasteiger partial charge in [-0.1, -0.05) is 44.0 Å². The molecule has 0 amide bonds. The summed E-state index contributed by atoms with van der Waals surface area (Å²) in [6.07, 6.45) is 5.84. The number of carbonyl (C=O) groups is 1. The van der Waals surface area contributed by atoms with E-state index >= 15 is 0 Å². The number of pyridine rings is 2. The van der Waals surface area contributed by atoms with Gasteiger partial charge in [-0.25, -0.2) is 18.4 Å². The number of nitrogens with zero attached hydrogens (tertiary/aromatic N) is 4. The van der Waals surface area contributed by atoms with Crippen LogP contribution in [-0.2, 0) is 34.3 Å². The number of hydrogen-bond donors (Lipinski definition) is 2. The fourth-order valence-corrected chi connectivity index (χ4v) is 5.31. The van der Waals surface area contributed by atoms with Crippen molar-refractivity contribution in [3.63, 3.8) is 0 Å². The van der Waals surface area contributed by atoms with Crippen LogP contribution in [0.4, 0.5) is 11.5 Å². The summed E-state index contributed by atoms with van der Waals surface area (Å²) in [5.41, 5.74) is 3.64. The fourth-order valence-electron chi connectivity index (χ4n) is 3.98. The van der Waals surface area contributed by atoms with Crippen molar-refractivity contribution in [2.24, 2.45) is 0 Å². The second kappa shape index (κ2) is 13.2.